The molecule has 0 N–H and O–H groups in total. The Morgan fingerprint density at radius 3 is 2.38 bits per heavy atom. The predicted octanol–water partition coefficient (Wildman–Crippen LogP) is 8.19. The molecule has 0 saturated carbocycles. The molecular formula is C33H47NO4SSi. The number of methoxy groups -OCH3 is 1. The van der Waals surface area contributed by atoms with E-state index < -0.39 is 26.2 Å². The average Bonchev–Trinajstić information content (AvgIpc) is 2.92. The Morgan fingerprint density at radius 1 is 0.975 bits per heavy atom. The number of carbonyl (C=O) groups excluding carboxylic acids is 1. The van der Waals surface area contributed by atoms with E-state index in [0.717, 1.165) is 29.6 Å². The maximum atomic E-state index is 13.1. The van der Waals surface area contributed by atoms with Gasteiger partial charge in [-0.15, -0.1) is 0 Å². The van der Waals surface area contributed by atoms with E-state index in [2.05, 4.69) is 58.1 Å². The zero-order valence-corrected chi connectivity index (χ0v) is 27.2. The number of aromatic nitrogens is 1. The molecule has 0 aliphatic rings. The summed E-state index contributed by atoms with van der Waals surface area (Å²) in [5, 5.41) is 1.09. The number of nitrogens with zero attached hydrogens (tertiary/aromatic N) is 1. The molecule has 2 unspecified atom stereocenters. The summed E-state index contributed by atoms with van der Waals surface area (Å²) in [6.45, 7) is 12.4. The first-order valence-electron chi connectivity index (χ1n) is 14.7. The third-order valence-electron chi connectivity index (χ3n) is 7.36. The quantitative estimate of drug-likeness (QED) is 0.0783. The fourth-order valence-electron chi connectivity index (χ4n) is 5.15. The Morgan fingerprint density at radius 2 is 1.68 bits per heavy atom. The predicted molar refractivity (Wildman–Crippen MR) is 169 cm³/mol. The van der Waals surface area contributed by atoms with E-state index in [1.165, 1.54) is 51.2 Å². The zero-order chi connectivity index (χ0) is 29.1. The summed E-state index contributed by atoms with van der Waals surface area (Å²) < 4.78 is 23.7. The molecule has 1 heterocycles. The molecule has 2 atom stereocenters. The maximum Gasteiger partial charge on any atom is 0.338 e. The van der Waals surface area contributed by atoms with E-state index in [-0.39, 0.29) is 5.41 Å². The van der Waals surface area contributed by atoms with Gasteiger partial charge in [0.1, 0.15) is 0 Å². The van der Waals surface area contributed by atoms with Gasteiger partial charge in [-0.3, -0.25) is 0 Å². The summed E-state index contributed by atoms with van der Waals surface area (Å²) in [7, 11) is 0.469. The minimum atomic E-state index is -1.32. The van der Waals surface area contributed by atoms with Crippen molar-refractivity contribution in [3.05, 3.63) is 71.4 Å². The van der Waals surface area contributed by atoms with Crippen molar-refractivity contribution in [2.24, 2.45) is 5.41 Å². The monoisotopic (exact) mass is 581 g/mol. The summed E-state index contributed by atoms with van der Waals surface area (Å²) in [5.41, 5.74) is 3.59. The van der Waals surface area contributed by atoms with Gasteiger partial charge in [-0.2, -0.15) is 0 Å². The summed E-state index contributed by atoms with van der Waals surface area (Å²) in [5.74, 6) is 0.304. The standard InChI is InChI=1S/C33H47NO4SSi/c1-33(2,3)30(16-11-9-7-8-10-12-21-38-40(5)6)26-18-17-25-19-20-28(34-31(25)23-26)24-39(36)29-15-13-14-27(22-29)32(35)37-4/h13-15,17-20,22-23,30,40H,7-12,16,21,24H2,1-6H3. The van der Waals surface area contributed by atoms with Crippen molar-refractivity contribution < 1.29 is 18.5 Å². The van der Waals surface area contributed by atoms with Crippen molar-refractivity contribution in [2.75, 3.05) is 13.7 Å². The van der Waals surface area contributed by atoms with E-state index >= 15 is 0 Å². The van der Waals surface area contributed by atoms with Gasteiger partial charge in [0.05, 0.1) is 23.9 Å². The molecule has 0 aliphatic heterocycles. The lowest BCUT2D eigenvalue weighted by atomic mass is 9.73. The number of pyridine rings is 1. The van der Waals surface area contributed by atoms with Crippen LogP contribution >= 0.6 is 0 Å². The third kappa shape index (κ3) is 10.0. The molecule has 2 aromatic carbocycles. The summed E-state index contributed by atoms with van der Waals surface area (Å²) in [6.07, 6.45) is 8.70. The first-order valence-corrected chi connectivity index (χ1v) is 18.8. The van der Waals surface area contributed by atoms with Gasteiger partial charge in [0.15, 0.2) is 19.7 Å². The Bertz CT molecular complexity index is 1230. The smallest absolute Gasteiger partial charge is 0.338 e. The van der Waals surface area contributed by atoms with E-state index in [1.54, 1.807) is 24.3 Å². The summed E-state index contributed by atoms with van der Waals surface area (Å²) in [6, 6.07) is 17.5. The van der Waals surface area contributed by atoms with Crippen molar-refractivity contribution in [1.82, 2.24) is 4.98 Å². The van der Waals surface area contributed by atoms with Crippen molar-refractivity contribution in [1.29, 1.82) is 0 Å². The van der Waals surface area contributed by atoms with Gasteiger partial charge in [0, 0.05) is 18.1 Å². The Labute approximate surface area is 246 Å². The van der Waals surface area contributed by atoms with Crippen molar-refractivity contribution in [3.63, 3.8) is 0 Å². The fraction of sp³-hybridized carbons (Fsp3) is 0.515. The molecule has 3 aromatic rings. The lowest BCUT2D eigenvalue weighted by molar-refractivity contribution is 0.0600. The lowest BCUT2D eigenvalue weighted by Crippen LogP contribution is -2.18. The van der Waals surface area contributed by atoms with Crippen molar-refractivity contribution >= 4 is 37.1 Å². The maximum absolute atomic E-state index is 13.1. The molecule has 0 fully saturated rings. The second-order valence-corrected chi connectivity index (χ2v) is 15.9. The first-order chi connectivity index (χ1) is 19.1. The summed E-state index contributed by atoms with van der Waals surface area (Å²) in [4.78, 5) is 17.4. The molecule has 0 aliphatic carbocycles. The number of hydrogen-bond donors (Lipinski definition) is 0. The number of rotatable bonds is 15. The van der Waals surface area contributed by atoms with Crippen LogP contribution in [0.3, 0.4) is 0 Å². The van der Waals surface area contributed by atoms with Gasteiger partial charge in [-0.1, -0.05) is 77.1 Å². The van der Waals surface area contributed by atoms with E-state index in [4.69, 9.17) is 14.1 Å². The lowest BCUT2D eigenvalue weighted by Gasteiger charge is -2.31. The molecule has 40 heavy (non-hydrogen) atoms. The molecule has 0 bridgehead atoms. The second kappa shape index (κ2) is 15.7. The number of esters is 1. The van der Waals surface area contributed by atoms with Gasteiger partial charge in [-0.25, -0.2) is 9.78 Å². The topological polar surface area (TPSA) is 71.5 Å². The molecule has 0 saturated heterocycles. The highest BCUT2D eigenvalue weighted by atomic mass is 32.2. The fourth-order valence-corrected chi connectivity index (χ4v) is 6.87. The molecule has 0 spiro atoms. The van der Waals surface area contributed by atoms with Crippen LogP contribution in [0.5, 0.6) is 0 Å². The summed E-state index contributed by atoms with van der Waals surface area (Å²) >= 11 is -1.32. The van der Waals surface area contributed by atoms with Crippen LogP contribution in [0.2, 0.25) is 13.1 Å². The second-order valence-electron chi connectivity index (χ2n) is 12.0. The SMILES string of the molecule is COC(=O)c1cccc([S+]([O-])Cc2ccc3ccc(C(CCCCCCCCO[SiH](C)C)C(C)(C)C)cc3n2)c1. The normalized spacial score (nSPS) is 13.5. The van der Waals surface area contributed by atoms with Crippen LogP contribution in [0.4, 0.5) is 0 Å². The third-order valence-corrected chi connectivity index (χ3v) is 9.60. The molecule has 0 radical (unpaired) electrons. The molecule has 218 valence electrons. The minimum Gasteiger partial charge on any atom is -0.611 e. The van der Waals surface area contributed by atoms with E-state index in [0.29, 0.717) is 22.1 Å². The van der Waals surface area contributed by atoms with Crippen molar-refractivity contribution in [2.45, 2.75) is 95.4 Å². The van der Waals surface area contributed by atoms with Crippen LogP contribution in [-0.4, -0.2) is 38.3 Å². The van der Waals surface area contributed by atoms with E-state index in [1.807, 2.05) is 6.07 Å². The van der Waals surface area contributed by atoms with Crippen LogP contribution in [0.15, 0.2) is 59.5 Å². The van der Waals surface area contributed by atoms with Gasteiger partial charge in [0.25, 0.3) is 0 Å². The highest BCUT2D eigenvalue weighted by Crippen LogP contribution is 2.40. The average molecular weight is 582 g/mol. The Balaban J connectivity index is 1.63. The van der Waals surface area contributed by atoms with Gasteiger partial charge in [-0.05, 0) is 78.3 Å². The highest BCUT2D eigenvalue weighted by molar-refractivity contribution is 7.90. The number of unbranched alkanes of at least 4 members (excludes halogenated alkanes) is 5. The zero-order valence-electron chi connectivity index (χ0n) is 25.2. The number of carbonyl (C=O) groups is 1. The van der Waals surface area contributed by atoms with Crippen LogP contribution in [0, 0.1) is 5.41 Å². The van der Waals surface area contributed by atoms with Gasteiger partial charge < -0.3 is 13.7 Å². The molecular weight excluding hydrogens is 535 g/mol. The number of hydrogen-bond acceptors (Lipinski definition) is 5. The molecule has 5 nitrogen and oxygen atoms in total. The Hall–Kier alpha value is -2.19. The van der Waals surface area contributed by atoms with Crippen LogP contribution in [0.1, 0.15) is 93.3 Å². The Kier molecular flexibility index (Phi) is 12.7. The van der Waals surface area contributed by atoms with Crippen LogP contribution < -0.4 is 0 Å². The van der Waals surface area contributed by atoms with Crippen molar-refractivity contribution in [3.8, 4) is 0 Å². The van der Waals surface area contributed by atoms with Gasteiger partial charge >= 0.3 is 5.97 Å². The first kappa shape index (κ1) is 32.3. The number of benzene rings is 2. The molecule has 7 heteroatoms. The van der Waals surface area contributed by atoms with Crippen LogP contribution in [0.25, 0.3) is 10.9 Å². The van der Waals surface area contributed by atoms with E-state index in [9.17, 15) is 9.35 Å². The molecule has 0 amide bonds. The molecule has 3 rings (SSSR count). The highest BCUT2D eigenvalue weighted by Gasteiger charge is 2.26. The molecule has 1 aromatic heterocycles. The van der Waals surface area contributed by atoms with Crippen LogP contribution in [-0.2, 0) is 26.1 Å². The minimum absolute atomic E-state index is 0.148. The number of ether oxygens (including phenoxy) is 1. The van der Waals surface area contributed by atoms with Gasteiger partial charge in [0.2, 0.25) is 0 Å². The largest absolute Gasteiger partial charge is 0.611 e. The number of fused-ring (bicyclic) bond motifs is 1.